The Labute approximate surface area is 74.4 Å². The highest BCUT2D eigenvalue weighted by Crippen LogP contribution is 2.30. The van der Waals surface area contributed by atoms with E-state index in [2.05, 4.69) is 15.9 Å². The van der Waals surface area contributed by atoms with Gasteiger partial charge in [0.25, 0.3) is 0 Å². The van der Waals surface area contributed by atoms with Crippen LogP contribution in [0.3, 0.4) is 0 Å². The lowest BCUT2D eigenvalue weighted by Crippen LogP contribution is -2.02. The molecule has 0 amide bonds. The van der Waals surface area contributed by atoms with Crippen LogP contribution in [0.4, 0.5) is 0 Å². The van der Waals surface area contributed by atoms with Crippen molar-refractivity contribution in [2.24, 2.45) is 0 Å². The van der Waals surface area contributed by atoms with Gasteiger partial charge in [0.15, 0.2) is 0 Å². The van der Waals surface area contributed by atoms with Gasteiger partial charge in [-0.15, -0.1) is 0 Å². The molecule has 0 bridgehead atoms. The highest BCUT2D eigenvalue weighted by Gasteiger charge is 2.12. The van der Waals surface area contributed by atoms with Crippen LogP contribution in [0, 0.1) is 0 Å². The minimum atomic E-state index is -0.723. The van der Waals surface area contributed by atoms with E-state index in [1.54, 1.807) is 0 Å². The molecule has 11 heavy (non-hydrogen) atoms. The van der Waals surface area contributed by atoms with Crippen molar-refractivity contribution in [1.82, 2.24) is 0 Å². The van der Waals surface area contributed by atoms with Crippen LogP contribution < -0.4 is 0 Å². The van der Waals surface area contributed by atoms with Gasteiger partial charge in [-0.3, -0.25) is 4.79 Å². The highest BCUT2D eigenvalue weighted by molar-refractivity contribution is 9.11. The Morgan fingerprint density at radius 3 is 2.64 bits per heavy atom. The second-order valence-corrected chi connectivity index (χ2v) is 3.74. The summed E-state index contributed by atoms with van der Waals surface area (Å²) in [6.07, 6.45) is 4.50. The van der Waals surface area contributed by atoms with Crippen LogP contribution in [0.1, 0.15) is 32.1 Å². The van der Waals surface area contributed by atoms with Crippen molar-refractivity contribution in [2.75, 3.05) is 0 Å². The molecule has 1 rings (SSSR count). The maximum Gasteiger partial charge on any atom is 0.307 e. The lowest BCUT2D eigenvalue weighted by molar-refractivity contribution is -0.136. The number of rotatable bonds is 2. The van der Waals surface area contributed by atoms with E-state index in [4.69, 9.17) is 5.11 Å². The molecule has 0 heterocycles. The molecule has 0 aromatic carbocycles. The van der Waals surface area contributed by atoms with Gasteiger partial charge in [0.05, 0.1) is 6.42 Å². The number of carboxylic acids is 1. The molecule has 0 radical (unpaired) electrons. The minimum Gasteiger partial charge on any atom is -0.481 e. The van der Waals surface area contributed by atoms with Crippen molar-refractivity contribution < 1.29 is 9.90 Å². The van der Waals surface area contributed by atoms with Crippen molar-refractivity contribution in [3.63, 3.8) is 0 Å². The Morgan fingerprint density at radius 1 is 1.45 bits per heavy atom. The van der Waals surface area contributed by atoms with Crippen LogP contribution in [0.2, 0.25) is 0 Å². The predicted octanol–water partition coefficient (Wildman–Crippen LogP) is 2.68. The monoisotopic (exact) mass is 218 g/mol. The van der Waals surface area contributed by atoms with E-state index in [0.717, 1.165) is 29.3 Å². The molecule has 1 N–H and O–H groups in total. The van der Waals surface area contributed by atoms with Gasteiger partial charge in [0.2, 0.25) is 0 Å². The lowest BCUT2D eigenvalue weighted by atomic mass is 9.97. The van der Waals surface area contributed by atoms with Crippen LogP contribution >= 0.6 is 15.9 Å². The van der Waals surface area contributed by atoms with Gasteiger partial charge in [-0.25, -0.2) is 0 Å². The Morgan fingerprint density at radius 2 is 2.09 bits per heavy atom. The normalized spacial score (nSPS) is 18.6. The van der Waals surface area contributed by atoms with E-state index in [1.165, 1.54) is 6.42 Å². The summed E-state index contributed by atoms with van der Waals surface area (Å²) in [6.45, 7) is 0. The molecular weight excluding hydrogens is 208 g/mol. The molecular formula is C8H11BrO2. The average Bonchev–Trinajstić information content (AvgIpc) is 1.93. The van der Waals surface area contributed by atoms with Crippen molar-refractivity contribution >= 4 is 21.9 Å². The van der Waals surface area contributed by atoms with Crippen LogP contribution in [-0.2, 0) is 4.79 Å². The number of carbonyl (C=O) groups is 1. The smallest absolute Gasteiger partial charge is 0.307 e. The van der Waals surface area contributed by atoms with E-state index in [-0.39, 0.29) is 6.42 Å². The van der Waals surface area contributed by atoms with Gasteiger partial charge >= 0.3 is 5.97 Å². The maximum absolute atomic E-state index is 10.4. The Bertz CT molecular complexity index is 196. The summed E-state index contributed by atoms with van der Waals surface area (Å²) in [4.78, 5) is 10.4. The van der Waals surface area contributed by atoms with E-state index in [1.807, 2.05) is 0 Å². The Balaban J connectivity index is 2.59. The van der Waals surface area contributed by atoms with Crippen molar-refractivity contribution in [1.29, 1.82) is 0 Å². The van der Waals surface area contributed by atoms with Gasteiger partial charge in [0.1, 0.15) is 0 Å². The molecule has 0 atom stereocenters. The van der Waals surface area contributed by atoms with Crippen molar-refractivity contribution in [2.45, 2.75) is 32.1 Å². The fourth-order valence-corrected chi connectivity index (χ4v) is 1.92. The van der Waals surface area contributed by atoms with E-state index in [0.29, 0.717) is 0 Å². The van der Waals surface area contributed by atoms with Crippen molar-refractivity contribution in [3.8, 4) is 0 Å². The summed E-state index contributed by atoms with van der Waals surface area (Å²) in [5.41, 5.74) is 1.07. The van der Waals surface area contributed by atoms with Crippen LogP contribution in [-0.4, -0.2) is 11.1 Å². The first kappa shape index (κ1) is 8.78. The topological polar surface area (TPSA) is 37.3 Å². The summed E-state index contributed by atoms with van der Waals surface area (Å²) in [7, 11) is 0. The summed E-state index contributed by atoms with van der Waals surface area (Å²) in [5, 5.41) is 8.53. The predicted molar refractivity (Wildman–Crippen MR) is 46.7 cm³/mol. The standard InChI is InChI=1S/C8H11BrO2/c9-7-4-2-1-3-6(7)5-8(10)11/h1-5H2,(H,10,11). The maximum atomic E-state index is 10.4. The fraction of sp³-hybridized carbons (Fsp3) is 0.625. The average molecular weight is 219 g/mol. The molecule has 0 saturated carbocycles. The third kappa shape index (κ3) is 2.66. The number of halogens is 1. The molecule has 0 aliphatic heterocycles. The zero-order chi connectivity index (χ0) is 8.27. The van der Waals surface area contributed by atoms with Gasteiger partial charge in [-0.1, -0.05) is 15.9 Å². The van der Waals surface area contributed by atoms with Crippen LogP contribution in [0.15, 0.2) is 10.1 Å². The summed E-state index contributed by atoms with van der Waals surface area (Å²) in [6, 6.07) is 0. The quantitative estimate of drug-likeness (QED) is 0.775. The number of hydrogen-bond donors (Lipinski definition) is 1. The first-order valence-electron chi connectivity index (χ1n) is 3.78. The summed E-state index contributed by atoms with van der Waals surface area (Å²) >= 11 is 3.40. The van der Waals surface area contributed by atoms with E-state index >= 15 is 0 Å². The van der Waals surface area contributed by atoms with E-state index < -0.39 is 5.97 Å². The molecule has 1 aliphatic rings. The summed E-state index contributed by atoms with van der Waals surface area (Å²) in [5.74, 6) is -0.723. The Hall–Kier alpha value is -0.310. The van der Waals surface area contributed by atoms with Crippen LogP contribution in [0.25, 0.3) is 0 Å². The molecule has 0 unspecified atom stereocenters. The second-order valence-electron chi connectivity index (χ2n) is 2.79. The largest absolute Gasteiger partial charge is 0.481 e. The third-order valence-corrected chi connectivity index (χ3v) is 2.83. The SMILES string of the molecule is O=C(O)CC1=C(Br)CCCC1. The lowest BCUT2D eigenvalue weighted by Gasteiger charge is -2.14. The van der Waals surface area contributed by atoms with Gasteiger partial charge in [-0.2, -0.15) is 0 Å². The molecule has 2 nitrogen and oxygen atoms in total. The van der Waals surface area contributed by atoms with E-state index in [9.17, 15) is 4.79 Å². The molecule has 62 valence electrons. The van der Waals surface area contributed by atoms with Gasteiger partial charge in [-0.05, 0) is 35.7 Å². The van der Waals surface area contributed by atoms with Crippen molar-refractivity contribution in [3.05, 3.63) is 10.1 Å². The number of allylic oxidation sites excluding steroid dienone is 1. The fourth-order valence-electron chi connectivity index (χ4n) is 1.30. The minimum absolute atomic E-state index is 0.209. The molecule has 0 spiro atoms. The zero-order valence-corrected chi connectivity index (χ0v) is 7.85. The second kappa shape index (κ2) is 3.90. The molecule has 0 aromatic rings. The number of hydrogen-bond acceptors (Lipinski definition) is 1. The molecule has 3 heteroatoms. The molecule has 0 aromatic heterocycles. The van der Waals surface area contributed by atoms with Crippen LogP contribution in [0.5, 0.6) is 0 Å². The molecule has 0 saturated heterocycles. The number of aliphatic carboxylic acids is 1. The first-order chi connectivity index (χ1) is 5.20. The molecule has 0 fully saturated rings. The highest BCUT2D eigenvalue weighted by atomic mass is 79.9. The third-order valence-electron chi connectivity index (χ3n) is 1.87. The number of carboxylic acid groups (broad SMARTS) is 1. The van der Waals surface area contributed by atoms with Gasteiger partial charge in [0, 0.05) is 0 Å². The summed E-state index contributed by atoms with van der Waals surface area (Å²) < 4.78 is 1.12. The first-order valence-corrected chi connectivity index (χ1v) is 4.57. The zero-order valence-electron chi connectivity index (χ0n) is 6.27. The Kier molecular flexibility index (Phi) is 3.12. The van der Waals surface area contributed by atoms with Gasteiger partial charge < -0.3 is 5.11 Å². The molecule has 1 aliphatic carbocycles.